The number of nitrogen functional groups attached to an aromatic ring is 1. The molecule has 0 aliphatic rings. The van der Waals surface area contributed by atoms with Gasteiger partial charge in [0.2, 0.25) is 0 Å². The van der Waals surface area contributed by atoms with Crippen molar-refractivity contribution in [1.82, 2.24) is 9.97 Å². The summed E-state index contributed by atoms with van der Waals surface area (Å²) in [5, 5.41) is 5.86. The van der Waals surface area contributed by atoms with Crippen LogP contribution in [0.4, 0.5) is 41.9 Å². The Balaban J connectivity index is 1.84. The van der Waals surface area contributed by atoms with E-state index in [0.717, 1.165) is 21.4 Å². The molecule has 0 spiro atoms. The number of benzene rings is 2. The zero-order valence-corrected chi connectivity index (χ0v) is 15.3. The largest absolute Gasteiger partial charge is 0.416 e. The van der Waals surface area contributed by atoms with E-state index in [4.69, 9.17) is 5.73 Å². The van der Waals surface area contributed by atoms with Gasteiger partial charge in [-0.1, -0.05) is 6.07 Å². The molecule has 0 fully saturated rings. The Morgan fingerprint density at radius 1 is 0.885 bits per heavy atom. The van der Waals surface area contributed by atoms with Gasteiger partial charge in [0.05, 0.1) is 5.56 Å². The van der Waals surface area contributed by atoms with Crippen LogP contribution in [-0.2, 0) is 6.18 Å². The number of rotatable bonds is 4. The predicted molar refractivity (Wildman–Crippen MR) is 104 cm³/mol. The summed E-state index contributed by atoms with van der Waals surface area (Å²) in [5.41, 5.74) is 6.51. The molecule has 2 aromatic carbocycles. The van der Waals surface area contributed by atoms with Gasteiger partial charge in [-0.25, -0.2) is 9.97 Å². The summed E-state index contributed by atoms with van der Waals surface area (Å²) in [6.07, 6.45) is -3.15. The molecule has 3 aromatic rings. The Labute approximate surface area is 161 Å². The van der Waals surface area contributed by atoms with Crippen molar-refractivity contribution in [3.8, 4) is 0 Å². The van der Waals surface area contributed by atoms with E-state index >= 15 is 0 Å². The Kier molecular flexibility index (Phi) is 5.16. The first-order valence-electron chi connectivity index (χ1n) is 7.40. The van der Waals surface area contributed by atoms with Gasteiger partial charge in [0, 0.05) is 14.9 Å². The highest BCUT2D eigenvalue weighted by molar-refractivity contribution is 14.1. The van der Waals surface area contributed by atoms with Crippen LogP contribution in [0.5, 0.6) is 0 Å². The second-order valence-corrected chi connectivity index (χ2v) is 6.57. The molecule has 0 amide bonds. The fraction of sp³-hybridized carbons (Fsp3) is 0.0588. The summed E-state index contributed by atoms with van der Waals surface area (Å²) in [6.45, 7) is 0. The highest BCUT2D eigenvalue weighted by Crippen LogP contribution is 2.33. The SMILES string of the molecule is Nc1c(Nc2ccc(I)cc2)ncnc1Nc1cccc(C(F)(F)F)c1. The van der Waals surface area contributed by atoms with Gasteiger partial charge in [-0.3, -0.25) is 0 Å². The summed E-state index contributed by atoms with van der Waals surface area (Å²) in [4.78, 5) is 8.10. The minimum absolute atomic E-state index is 0.198. The van der Waals surface area contributed by atoms with E-state index in [1.807, 2.05) is 24.3 Å². The monoisotopic (exact) mass is 471 g/mol. The van der Waals surface area contributed by atoms with Crippen molar-refractivity contribution in [2.45, 2.75) is 6.18 Å². The predicted octanol–water partition coefficient (Wildman–Crippen LogP) is 5.17. The molecule has 0 radical (unpaired) electrons. The molecule has 134 valence electrons. The molecule has 1 heterocycles. The lowest BCUT2D eigenvalue weighted by molar-refractivity contribution is -0.137. The second kappa shape index (κ2) is 7.36. The summed E-state index contributed by atoms with van der Waals surface area (Å²) >= 11 is 2.19. The molecule has 0 saturated heterocycles. The van der Waals surface area contributed by atoms with Crippen LogP contribution >= 0.6 is 22.6 Å². The molecule has 1 aromatic heterocycles. The molecule has 0 bridgehead atoms. The maximum Gasteiger partial charge on any atom is 0.416 e. The van der Waals surface area contributed by atoms with E-state index in [-0.39, 0.29) is 17.2 Å². The number of aromatic nitrogens is 2. The van der Waals surface area contributed by atoms with Crippen LogP contribution in [0.3, 0.4) is 0 Å². The molecule has 26 heavy (non-hydrogen) atoms. The van der Waals surface area contributed by atoms with Crippen LogP contribution in [-0.4, -0.2) is 9.97 Å². The molecule has 5 nitrogen and oxygen atoms in total. The molecular weight excluding hydrogens is 458 g/mol. The smallest absolute Gasteiger partial charge is 0.393 e. The fourth-order valence-corrected chi connectivity index (χ4v) is 2.53. The third-order valence-corrected chi connectivity index (χ3v) is 4.16. The lowest BCUT2D eigenvalue weighted by Crippen LogP contribution is -2.07. The zero-order valence-electron chi connectivity index (χ0n) is 13.2. The van der Waals surface area contributed by atoms with Gasteiger partial charge in [0.15, 0.2) is 11.6 Å². The molecule has 4 N–H and O–H groups in total. The molecule has 0 aliphatic carbocycles. The number of nitrogens with two attached hydrogens (primary N) is 1. The van der Waals surface area contributed by atoms with Crippen molar-refractivity contribution in [1.29, 1.82) is 0 Å². The topological polar surface area (TPSA) is 75.9 Å². The van der Waals surface area contributed by atoms with Gasteiger partial charge < -0.3 is 16.4 Å². The first kappa shape index (κ1) is 18.2. The van der Waals surface area contributed by atoms with Crippen molar-refractivity contribution in [2.75, 3.05) is 16.4 Å². The van der Waals surface area contributed by atoms with Crippen molar-refractivity contribution in [3.05, 3.63) is 64.0 Å². The minimum Gasteiger partial charge on any atom is -0.393 e. The third kappa shape index (κ3) is 4.34. The summed E-state index contributed by atoms with van der Waals surface area (Å²) in [6, 6.07) is 12.4. The number of halogens is 4. The van der Waals surface area contributed by atoms with Gasteiger partial charge in [-0.05, 0) is 65.1 Å². The van der Waals surface area contributed by atoms with Crippen molar-refractivity contribution >= 4 is 51.3 Å². The van der Waals surface area contributed by atoms with Crippen LogP contribution in [0.15, 0.2) is 54.9 Å². The molecular formula is C17H13F3IN5. The average molecular weight is 471 g/mol. The Hall–Kier alpha value is -2.56. The second-order valence-electron chi connectivity index (χ2n) is 5.32. The summed E-state index contributed by atoms with van der Waals surface area (Å²) in [7, 11) is 0. The van der Waals surface area contributed by atoms with Crippen LogP contribution < -0.4 is 16.4 Å². The molecule has 0 atom stereocenters. The molecule has 9 heteroatoms. The molecule has 3 rings (SSSR count). The van der Waals surface area contributed by atoms with Crippen molar-refractivity contribution < 1.29 is 13.2 Å². The lowest BCUT2D eigenvalue weighted by atomic mass is 10.2. The van der Waals surface area contributed by atoms with Crippen LogP contribution in [0, 0.1) is 3.57 Å². The molecule has 0 unspecified atom stereocenters. The van der Waals surface area contributed by atoms with E-state index in [2.05, 4.69) is 43.2 Å². The lowest BCUT2D eigenvalue weighted by Gasteiger charge is -2.14. The quantitative estimate of drug-likeness (QED) is 0.458. The Morgan fingerprint density at radius 2 is 1.50 bits per heavy atom. The highest BCUT2D eigenvalue weighted by Gasteiger charge is 2.30. The van der Waals surface area contributed by atoms with Crippen molar-refractivity contribution in [3.63, 3.8) is 0 Å². The van der Waals surface area contributed by atoms with Gasteiger partial charge >= 0.3 is 6.18 Å². The van der Waals surface area contributed by atoms with Crippen LogP contribution in [0.2, 0.25) is 0 Å². The maximum atomic E-state index is 12.8. The molecule has 0 aliphatic heterocycles. The number of nitrogens with zero attached hydrogens (tertiary/aromatic N) is 2. The van der Waals surface area contributed by atoms with Crippen LogP contribution in [0.1, 0.15) is 5.56 Å². The highest BCUT2D eigenvalue weighted by atomic mass is 127. The zero-order chi connectivity index (χ0) is 18.7. The minimum atomic E-state index is -4.42. The first-order chi connectivity index (χ1) is 12.3. The van der Waals surface area contributed by atoms with Gasteiger partial charge in [0.25, 0.3) is 0 Å². The summed E-state index contributed by atoms with van der Waals surface area (Å²) in [5.74, 6) is 0.572. The third-order valence-electron chi connectivity index (χ3n) is 3.44. The fourth-order valence-electron chi connectivity index (χ4n) is 2.17. The number of hydrogen-bond acceptors (Lipinski definition) is 5. The summed E-state index contributed by atoms with van der Waals surface area (Å²) < 4.78 is 39.6. The number of hydrogen-bond donors (Lipinski definition) is 3. The van der Waals surface area contributed by atoms with Crippen LogP contribution in [0.25, 0.3) is 0 Å². The Morgan fingerprint density at radius 3 is 2.12 bits per heavy atom. The van der Waals surface area contributed by atoms with Gasteiger partial charge in [-0.15, -0.1) is 0 Å². The van der Waals surface area contributed by atoms with E-state index in [0.29, 0.717) is 5.82 Å². The van der Waals surface area contributed by atoms with Gasteiger partial charge in [0.1, 0.15) is 12.0 Å². The average Bonchev–Trinajstić information content (AvgIpc) is 2.60. The number of alkyl halides is 3. The first-order valence-corrected chi connectivity index (χ1v) is 8.48. The standard InChI is InChI=1S/C17H13F3IN5/c18-17(19,20)10-2-1-3-13(8-10)26-16-14(22)15(23-9-24-16)25-12-6-4-11(21)5-7-12/h1-9H,22H2,(H2,23,24,25,26). The van der Waals surface area contributed by atoms with E-state index in [1.54, 1.807) is 0 Å². The maximum absolute atomic E-state index is 12.8. The van der Waals surface area contributed by atoms with Gasteiger partial charge in [-0.2, -0.15) is 13.2 Å². The Bertz CT molecular complexity index is 913. The number of anilines is 5. The van der Waals surface area contributed by atoms with E-state index < -0.39 is 11.7 Å². The molecule has 0 saturated carbocycles. The normalized spacial score (nSPS) is 11.2. The van der Waals surface area contributed by atoms with E-state index in [1.165, 1.54) is 18.5 Å². The van der Waals surface area contributed by atoms with E-state index in [9.17, 15) is 13.2 Å². The number of nitrogens with one attached hydrogen (secondary N) is 2. The van der Waals surface area contributed by atoms with Crippen molar-refractivity contribution in [2.24, 2.45) is 0 Å².